The van der Waals surface area contributed by atoms with Gasteiger partial charge in [-0.25, -0.2) is 0 Å². The molecule has 1 aliphatic heterocycles. The molecular weight excluding hydrogens is 260 g/mol. The van der Waals surface area contributed by atoms with E-state index < -0.39 is 0 Å². The zero-order valence-electron chi connectivity index (χ0n) is 12.4. The van der Waals surface area contributed by atoms with Gasteiger partial charge in [-0.15, -0.1) is 0 Å². The molecule has 0 radical (unpaired) electrons. The lowest BCUT2D eigenvalue weighted by Gasteiger charge is -2.36. The number of carbonyl (C=O) groups is 1. The highest BCUT2D eigenvalue weighted by molar-refractivity contribution is 6.05. The molecule has 2 aromatic carbocycles. The molecule has 0 saturated heterocycles. The molecule has 3 rings (SSSR count). The Bertz CT molecular complexity index is 637. The molecule has 1 N–H and O–H groups in total. The highest BCUT2D eigenvalue weighted by atomic mass is 16.2. The van der Waals surface area contributed by atoms with Gasteiger partial charge < -0.3 is 10.2 Å². The van der Waals surface area contributed by atoms with Gasteiger partial charge in [0.05, 0.1) is 11.4 Å². The van der Waals surface area contributed by atoms with Gasteiger partial charge in [-0.3, -0.25) is 4.79 Å². The fraction of sp³-hybridized carbons (Fsp3) is 0.278. The first-order chi connectivity index (χ1) is 10.2. The first-order valence-corrected chi connectivity index (χ1v) is 7.38. The molecule has 21 heavy (non-hydrogen) atoms. The van der Waals surface area contributed by atoms with Crippen molar-refractivity contribution in [2.45, 2.75) is 19.9 Å². The third-order valence-corrected chi connectivity index (χ3v) is 3.69. The van der Waals surface area contributed by atoms with Gasteiger partial charge in [0.15, 0.2) is 0 Å². The fourth-order valence-corrected chi connectivity index (χ4v) is 2.75. The SMILES string of the molecule is CC(C)CN1C(=O)C(c2ccccc2)Nc2ccccc21. The van der Waals surface area contributed by atoms with Crippen LogP contribution in [0.3, 0.4) is 0 Å². The van der Waals surface area contributed by atoms with Crippen LogP contribution in [0.4, 0.5) is 11.4 Å². The minimum atomic E-state index is -0.306. The number of nitrogens with zero attached hydrogens (tertiary/aromatic N) is 1. The molecule has 0 bridgehead atoms. The fourth-order valence-electron chi connectivity index (χ4n) is 2.75. The van der Waals surface area contributed by atoms with Crippen molar-refractivity contribution in [3.05, 3.63) is 60.2 Å². The van der Waals surface area contributed by atoms with Gasteiger partial charge in [-0.05, 0) is 23.6 Å². The smallest absolute Gasteiger partial charge is 0.254 e. The lowest BCUT2D eigenvalue weighted by molar-refractivity contribution is -0.119. The molecule has 1 aliphatic rings. The molecule has 1 unspecified atom stereocenters. The van der Waals surface area contributed by atoms with E-state index in [2.05, 4.69) is 19.2 Å². The van der Waals surface area contributed by atoms with Crippen molar-refractivity contribution in [2.75, 3.05) is 16.8 Å². The van der Waals surface area contributed by atoms with Crippen LogP contribution in [0.5, 0.6) is 0 Å². The maximum absolute atomic E-state index is 12.9. The normalized spacial score (nSPS) is 17.6. The molecule has 3 heteroatoms. The van der Waals surface area contributed by atoms with Crippen molar-refractivity contribution in [1.82, 2.24) is 0 Å². The number of rotatable bonds is 3. The van der Waals surface area contributed by atoms with E-state index in [1.165, 1.54) is 0 Å². The van der Waals surface area contributed by atoms with Crippen LogP contribution < -0.4 is 10.2 Å². The first kappa shape index (κ1) is 13.7. The van der Waals surface area contributed by atoms with Gasteiger partial charge >= 0.3 is 0 Å². The summed E-state index contributed by atoms with van der Waals surface area (Å²) >= 11 is 0. The molecule has 0 fully saturated rings. The maximum Gasteiger partial charge on any atom is 0.254 e. The van der Waals surface area contributed by atoms with Crippen LogP contribution in [0.1, 0.15) is 25.5 Å². The van der Waals surface area contributed by atoms with E-state index in [1.807, 2.05) is 59.5 Å². The predicted octanol–water partition coefficient (Wildman–Crippen LogP) is 3.84. The minimum Gasteiger partial charge on any atom is -0.368 e. The van der Waals surface area contributed by atoms with Crippen LogP contribution in [-0.2, 0) is 4.79 Å². The Hall–Kier alpha value is -2.29. The number of benzene rings is 2. The third kappa shape index (κ3) is 2.64. The Morgan fingerprint density at radius 2 is 1.71 bits per heavy atom. The summed E-state index contributed by atoms with van der Waals surface area (Å²) in [6.45, 7) is 5.01. The molecule has 1 amide bonds. The molecular formula is C18H20N2O. The minimum absolute atomic E-state index is 0.119. The number of fused-ring (bicyclic) bond motifs is 1. The summed E-state index contributed by atoms with van der Waals surface area (Å²) in [5, 5.41) is 3.38. The van der Waals surface area contributed by atoms with Crippen LogP contribution >= 0.6 is 0 Å². The van der Waals surface area contributed by atoms with E-state index in [0.717, 1.165) is 23.5 Å². The topological polar surface area (TPSA) is 32.3 Å². The van der Waals surface area contributed by atoms with Crippen molar-refractivity contribution < 1.29 is 4.79 Å². The summed E-state index contributed by atoms with van der Waals surface area (Å²) in [5.41, 5.74) is 3.00. The van der Waals surface area contributed by atoms with Crippen LogP contribution in [0, 0.1) is 5.92 Å². The van der Waals surface area contributed by atoms with E-state index in [4.69, 9.17) is 0 Å². The van der Waals surface area contributed by atoms with E-state index in [-0.39, 0.29) is 11.9 Å². The standard InChI is InChI=1S/C18H20N2O/c1-13(2)12-20-16-11-7-6-10-15(16)19-17(18(20)21)14-8-4-3-5-9-14/h3-11,13,17,19H,12H2,1-2H3. The quantitative estimate of drug-likeness (QED) is 0.926. The molecule has 1 atom stereocenters. The second kappa shape index (κ2) is 5.60. The van der Waals surface area contributed by atoms with Gasteiger partial charge in [0.2, 0.25) is 0 Å². The second-order valence-electron chi connectivity index (χ2n) is 5.85. The Kier molecular flexibility index (Phi) is 3.65. The van der Waals surface area contributed by atoms with Crippen molar-refractivity contribution in [1.29, 1.82) is 0 Å². The molecule has 0 spiro atoms. The van der Waals surface area contributed by atoms with Crippen molar-refractivity contribution in [2.24, 2.45) is 5.92 Å². The molecule has 2 aromatic rings. The van der Waals surface area contributed by atoms with Gasteiger partial charge in [0, 0.05) is 6.54 Å². The Balaban J connectivity index is 2.02. The maximum atomic E-state index is 12.9. The average Bonchev–Trinajstić information content (AvgIpc) is 2.50. The van der Waals surface area contributed by atoms with Crippen molar-refractivity contribution in [3.63, 3.8) is 0 Å². The van der Waals surface area contributed by atoms with Gasteiger partial charge in [-0.1, -0.05) is 56.3 Å². The third-order valence-electron chi connectivity index (χ3n) is 3.69. The van der Waals surface area contributed by atoms with Crippen LogP contribution in [0.25, 0.3) is 0 Å². The number of anilines is 2. The summed E-state index contributed by atoms with van der Waals surface area (Å²) in [5.74, 6) is 0.546. The molecule has 0 aliphatic carbocycles. The number of para-hydroxylation sites is 2. The van der Waals surface area contributed by atoms with Gasteiger partial charge in [-0.2, -0.15) is 0 Å². The number of carbonyl (C=O) groups excluding carboxylic acids is 1. The molecule has 3 nitrogen and oxygen atoms in total. The average molecular weight is 280 g/mol. The highest BCUT2D eigenvalue weighted by Crippen LogP contribution is 2.36. The zero-order valence-corrected chi connectivity index (χ0v) is 12.4. The number of hydrogen-bond acceptors (Lipinski definition) is 2. The first-order valence-electron chi connectivity index (χ1n) is 7.38. The van der Waals surface area contributed by atoms with Crippen LogP contribution in [-0.4, -0.2) is 12.5 Å². The van der Waals surface area contributed by atoms with Crippen LogP contribution in [0.15, 0.2) is 54.6 Å². The lowest BCUT2D eigenvalue weighted by atomic mass is 10.0. The molecule has 1 heterocycles. The lowest BCUT2D eigenvalue weighted by Crippen LogP contribution is -2.44. The summed E-state index contributed by atoms with van der Waals surface area (Å²) in [7, 11) is 0. The van der Waals surface area contributed by atoms with E-state index >= 15 is 0 Å². The van der Waals surface area contributed by atoms with Gasteiger partial charge in [0.25, 0.3) is 5.91 Å². The number of amides is 1. The zero-order chi connectivity index (χ0) is 14.8. The van der Waals surface area contributed by atoms with E-state index in [0.29, 0.717) is 5.92 Å². The number of nitrogens with one attached hydrogen (secondary N) is 1. The van der Waals surface area contributed by atoms with E-state index in [1.54, 1.807) is 0 Å². The summed E-state index contributed by atoms with van der Waals surface area (Å²) in [6, 6.07) is 17.6. The predicted molar refractivity (Wildman–Crippen MR) is 86.4 cm³/mol. The molecule has 0 saturated carbocycles. The second-order valence-corrected chi connectivity index (χ2v) is 5.85. The largest absolute Gasteiger partial charge is 0.368 e. The van der Waals surface area contributed by atoms with Gasteiger partial charge in [0.1, 0.15) is 6.04 Å². The molecule has 108 valence electrons. The summed E-state index contributed by atoms with van der Waals surface area (Å²) in [6.07, 6.45) is 0. The van der Waals surface area contributed by atoms with Crippen LogP contribution in [0.2, 0.25) is 0 Å². The molecule has 0 aromatic heterocycles. The number of hydrogen-bond donors (Lipinski definition) is 1. The Morgan fingerprint density at radius 1 is 1.05 bits per heavy atom. The summed E-state index contributed by atoms with van der Waals surface area (Å²) in [4.78, 5) is 14.8. The Morgan fingerprint density at radius 3 is 2.43 bits per heavy atom. The monoisotopic (exact) mass is 280 g/mol. The highest BCUT2D eigenvalue weighted by Gasteiger charge is 2.33. The Labute approximate surface area is 125 Å². The summed E-state index contributed by atoms with van der Waals surface area (Å²) < 4.78 is 0. The van der Waals surface area contributed by atoms with E-state index in [9.17, 15) is 4.79 Å². The van der Waals surface area contributed by atoms with Crippen molar-refractivity contribution in [3.8, 4) is 0 Å². The van der Waals surface area contributed by atoms with Crippen molar-refractivity contribution >= 4 is 17.3 Å².